The Morgan fingerprint density at radius 1 is 1.39 bits per heavy atom. The molecule has 5 nitrogen and oxygen atoms in total. The van der Waals surface area contributed by atoms with Crippen molar-refractivity contribution in [2.24, 2.45) is 0 Å². The lowest BCUT2D eigenvalue weighted by atomic mass is 9.98. The van der Waals surface area contributed by atoms with E-state index in [2.05, 4.69) is 9.97 Å². The molecule has 0 bridgehead atoms. The van der Waals surface area contributed by atoms with Gasteiger partial charge < -0.3 is 9.32 Å². The molecular weight excluding hydrogens is 377 g/mol. The summed E-state index contributed by atoms with van der Waals surface area (Å²) in [4.78, 5) is 24.3. The van der Waals surface area contributed by atoms with E-state index in [4.69, 9.17) is 4.42 Å². The number of nitrogens with zero attached hydrogens (tertiary/aromatic N) is 3. The predicted octanol–water partition coefficient (Wildman–Crippen LogP) is 4.50. The van der Waals surface area contributed by atoms with Crippen LogP contribution >= 0.6 is 11.3 Å². The third-order valence-electron chi connectivity index (χ3n) is 4.99. The minimum atomic E-state index is -0.257. The SMILES string of the molecule is Cc1nc(C)c(C(=O)N2CCC[C@H](c3ncc(Cc4cccc(F)c4)o3)C2)s1. The Balaban J connectivity index is 1.45. The van der Waals surface area contributed by atoms with Gasteiger partial charge in [0.1, 0.15) is 16.5 Å². The van der Waals surface area contributed by atoms with Crippen molar-refractivity contribution in [2.75, 3.05) is 13.1 Å². The standard InChI is InChI=1S/C21H22FN3O2S/c1-13-19(28-14(2)24-13)21(26)25-8-4-6-16(12-25)20-23-11-18(27-20)10-15-5-3-7-17(22)9-15/h3,5,7,9,11,16H,4,6,8,10,12H2,1-2H3/t16-/m0/s1. The average molecular weight is 399 g/mol. The summed E-state index contributed by atoms with van der Waals surface area (Å²) in [6.45, 7) is 5.13. The van der Waals surface area contributed by atoms with E-state index >= 15 is 0 Å². The number of oxazole rings is 1. The molecule has 146 valence electrons. The first-order valence-corrected chi connectivity index (χ1v) is 10.2. The Labute approximate surface area is 167 Å². The molecular formula is C21H22FN3O2S. The third-order valence-corrected chi connectivity index (χ3v) is 6.06. The molecule has 0 saturated carbocycles. The summed E-state index contributed by atoms with van der Waals surface area (Å²) >= 11 is 1.45. The molecule has 3 heterocycles. The molecule has 1 fully saturated rings. The molecule has 1 aliphatic heterocycles. The maximum Gasteiger partial charge on any atom is 0.265 e. The summed E-state index contributed by atoms with van der Waals surface area (Å²) in [5.74, 6) is 1.22. The highest BCUT2D eigenvalue weighted by Crippen LogP contribution is 2.29. The number of amides is 1. The van der Waals surface area contributed by atoms with E-state index in [-0.39, 0.29) is 17.6 Å². The Morgan fingerprint density at radius 3 is 3.00 bits per heavy atom. The summed E-state index contributed by atoms with van der Waals surface area (Å²) in [5, 5.41) is 0.907. The highest BCUT2D eigenvalue weighted by molar-refractivity contribution is 7.13. The molecule has 0 spiro atoms. The highest BCUT2D eigenvalue weighted by Gasteiger charge is 2.30. The van der Waals surface area contributed by atoms with Gasteiger partial charge in [0.15, 0.2) is 5.89 Å². The number of aryl methyl sites for hydroxylation is 2. The second-order valence-electron chi connectivity index (χ2n) is 7.21. The van der Waals surface area contributed by atoms with Crippen LogP contribution in [0.3, 0.4) is 0 Å². The van der Waals surface area contributed by atoms with Crippen LogP contribution in [-0.2, 0) is 6.42 Å². The van der Waals surface area contributed by atoms with Gasteiger partial charge in [0, 0.05) is 19.5 Å². The first-order chi connectivity index (χ1) is 13.5. The number of benzene rings is 1. The van der Waals surface area contributed by atoms with Crippen molar-refractivity contribution in [3.8, 4) is 0 Å². The van der Waals surface area contributed by atoms with Crippen molar-refractivity contribution in [2.45, 2.75) is 39.0 Å². The van der Waals surface area contributed by atoms with Gasteiger partial charge in [-0.15, -0.1) is 11.3 Å². The molecule has 7 heteroatoms. The summed E-state index contributed by atoms with van der Waals surface area (Å²) in [6, 6.07) is 6.49. The summed E-state index contributed by atoms with van der Waals surface area (Å²) < 4.78 is 19.3. The number of thiazole rings is 1. The van der Waals surface area contributed by atoms with Gasteiger partial charge in [-0.25, -0.2) is 14.4 Å². The second-order valence-corrected chi connectivity index (χ2v) is 8.41. The zero-order chi connectivity index (χ0) is 19.7. The number of piperidine rings is 1. The van der Waals surface area contributed by atoms with Gasteiger partial charge in [0.25, 0.3) is 5.91 Å². The molecule has 1 aromatic carbocycles. The molecule has 4 rings (SSSR count). The maximum absolute atomic E-state index is 13.4. The van der Waals surface area contributed by atoms with Crippen molar-refractivity contribution in [3.63, 3.8) is 0 Å². The molecule has 1 atom stereocenters. The largest absolute Gasteiger partial charge is 0.445 e. The molecule has 1 amide bonds. The van der Waals surface area contributed by atoms with Gasteiger partial charge >= 0.3 is 0 Å². The first-order valence-electron chi connectivity index (χ1n) is 9.42. The van der Waals surface area contributed by atoms with Crippen molar-refractivity contribution in [3.05, 3.63) is 69.1 Å². The Bertz CT molecular complexity index is 997. The van der Waals surface area contributed by atoms with Crippen LogP contribution in [0.4, 0.5) is 4.39 Å². The topological polar surface area (TPSA) is 59.2 Å². The molecule has 3 aromatic rings. The summed E-state index contributed by atoms with van der Waals surface area (Å²) in [6.07, 6.45) is 4.05. The van der Waals surface area contributed by atoms with E-state index in [1.807, 2.05) is 24.8 Å². The van der Waals surface area contributed by atoms with Crippen molar-refractivity contribution >= 4 is 17.2 Å². The van der Waals surface area contributed by atoms with Crippen LogP contribution in [0, 0.1) is 19.7 Å². The predicted molar refractivity (Wildman–Crippen MR) is 105 cm³/mol. The van der Waals surface area contributed by atoms with Gasteiger partial charge in [-0.3, -0.25) is 4.79 Å². The summed E-state index contributed by atoms with van der Waals surface area (Å²) in [5.41, 5.74) is 1.64. The van der Waals surface area contributed by atoms with Crippen molar-refractivity contribution in [1.29, 1.82) is 0 Å². The zero-order valence-electron chi connectivity index (χ0n) is 15.9. The molecule has 0 unspecified atom stereocenters. The van der Waals surface area contributed by atoms with Gasteiger partial charge in [0.05, 0.1) is 22.8 Å². The number of halogens is 1. The fourth-order valence-corrected chi connectivity index (χ4v) is 4.57. The minimum absolute atomic E-state index is 0.0411. The lowest BCUT2D eigenvalue weighted by Crippen LogP contribution is -2.39. The van der Waals surface area contributed by atoms with Gasteiger partial charge in [0.2, 0.25) is 0 Å². The molecule has 28 heavy (non-hydrogen) atoms. The fourth-order valence-electron chi connectivity index (χ4n) is 3.68. The fraction of sp³-hybridized carbons (Fsp3) is 0.381. The molecule has 0 radical (unpaired) electrons. The minimum Gasteiger partial charge on any atom is -0.445 e. The Hall–Kier alpha value is -2.54. The van der Waals surface area contributed by atoms with Crippen LogP contribution in [0.1, 0.15) is 56.3 Å². The maximum atomic E-state index is 13.4. The van der Waals surface area contributed by atoms with Crippen LogP contribution in [0.2, 0.25) is 0 Å². The second kappa shape index (κ2) is 7.83. The number of carbonyl (C=O) groups excluding carboxylic acids is 1. The molecule has 1 aliphatic rings. The van der Waals surface area contributed by atoms with Crippen LogP contribution in [0.15, 0.2) is 34.9 Å². The van der Waals surface area contributed by atoms with Gasteiger partial charge in [-0.1, -0.05) is 12.1 Å². The van der Waals surface area contributed by atoms with Crippen LogP contribution in [0.25, 0.3) is 0 Å². The first kappa shape index (κ1) is 18.8. The van der Waals surface area contributed by atoms with E-state index in [1.54, 1.807) is 12.3 Å². The number of carbonyl (C=O) groups is 1. The van der Waals surface area contributed by atoms with E-state index in [9.17, 15) is 9.18 Å². The van der Waals surface area contributed by atoms with Crippen LogP contribution in [-0.4, -0.2) is 33.9 Å². The van der Waals surface area contributed by atoms with Crippen LogP contribution < -0.4 is 0 Å². The van der Waals surface area contributed by atoms with Crippen LogP contribution in [0.5, 0.6) is 0 Å². The molecule has 2 aromatic heterocycles. The Kier molecular flexibility index (Phi) is 5.26. The quantitative estimate of drug-likeness (QED) is 0.648. The lowest BCUT2D eigenvalue weighted by Gasteiger charge is -2.31. The van der Waals surface area contributed by atoms with Crippen molar-refractivity contribution in [1.82, 2.24) is 14.9 Å². The summed E-state index contributed by atoms with van der Waals surface area (Å²) in [7, 11) is 0. The third kappa shape index (κ3) is 3.99. The smallest absolute Gasteiger partial charge is 0.265 e. The van der Waals surface area contributed by atoms with Gasteiger partial charge in [-0.2, -0.15) is 0 Å². The number of rotatable bonds is 4. The van der Waals surface area contributed by atoms with Crippen molar-refractivity contribution < 1.29 is 13.6 Å². The van der Waals surface area contributed by atoms with E-state index in [0.29, 0.717) is 24.6 Å². The van der Waals surface area contributed by atoms with E-state index < -0.39 is 0 Å². The zero-order valence-corrected chi connectivity index (χ0v) is 16.8. The average Bonchev–Trinajstić information content (AvgIpc) is 3.27. The number of hydrogen-bond donors (Lipinski definition) is 0. The number of hydrogen-bond acceptors (Lipinski definition) is 5. The normalized spacial score (nSPS) is 17.1. The molecule has 0 N–H and O–H groups in total. The van der Waals surface area contributed by atoms with E-state index in [0.717, 1.165) is 40.5 Å². The lowest BCUT2D eigenvalue weighted by molar-refractivity contribution is 0.0702. The Morgan fingerprint density at radius 2 is 2.25 bits per heavy atom. The van der Waals surface area contributed by atoms with Gasteiger partial charge in [-0.05, 0) is 44.4 Å². The molecule has 0 aliphatic carbocycles. The highest BCUT2D eigenvalue weighted by atomic mass is 32.1. The number of aromatic nitrogens is 2. The number of likely N-dealkylation sites (tertiary alicyclic amines) is 1. The molecule has 1 saturated heterocycles. The monoisotopic (exact) mass is 399 g/mol. The van der Waals surface area contributed by atoms with E-state index in [1.165, 1.54) is 23.5 Å².